The maximum absolute atomic E-state index is 12.0. The summed E-state index contributed by atoms with van der Waals surface area (Å²) in [6.45, 7) is 0. The first-order valence-corrected chi connectivity index (χ1v) is 6.36. The van der Waals surface area contributed by atoms with Gasteiger partial charge in [0.1, 0.15) is 4.70 Å². The molecule has 0 atom stereocenters. The Morgan fingerprint density at radius 3 is 2.76 bits per heavy atom. The van der Waals surface area contributed by atoms with E-state index in [4.69, 9.17) is 5.73 Å². The van der Waals surface area contributed by atoms with Crippen LogP contribution in [0.3, 0.4) is 0 Å². The third kappa shape index (κ3) is 1.57. The quantitative estimate of drug-likeness (QED) is 0.796. The Bertz CT molecular complexity index is 627. The summed E-state index contributed by atoms with van der Waals surface area (Å²) in [4.78, 5) is 19.6. The van der Waals surface area contributed by atoms with Gasteiger partial charge in [-0.05, 0) is 12.8 Å². The minimum atomic E-state index is -0.202. The Balaban J connectivity index is 2.29. The van der Waals surface area contributed by atoms with E-state index in [0.717, 1.165) is 37.0 Å². The van der Waals surface area contributed by atoms with E-state index in [1.807, 2.05) is 0 Å². The number of fused-ring (bicyclic) bond motifs is 1. The fraction of sp³-hybridized carbons (Fsp3) is 0.500. The lowest BCUT2D eigenvalue weighted by Gasteiger charge is -2.10. The summed E-state index contributed by atoms with van der Waals surface area (Å²) in [7, 11) is 0. The summed E-state index contributed by atoms with van der Waals surface area (Å²) in [5.74, 6) is -0.203. The molecule has 3 rings (SSSR count). The van der Waals surface area contributed by atoms with Gasteiger partial charge < -0.3 is 10.8 Å². The molecule has 1 aliphatic rings. The summed E-state index contributed by atoms with van der Waals surface area (Å²) in [5.41, 5.74) is 5.98. The van der Waals surface area contributed by atoms with Crippen LogP contribution >= 0.6 is 11.3 Å². The molecule has 0 saturated heterocycles. The number of hydrogen-bond acceptors (Lipinski definition) is 6. The second-order valence-electron chi connectivity index (χ2n) is 4.23. The maximum Gasteiger partial charge on any atom is 0.309 e. The normalized spacial score (nSPS) is 16.9. The van der Waals surface area contributed by atoms with Crippen molar-refractivity contribution in [2.24, 2.45) is 0 Å². The largest absolute Gasteiger partial charge is 0.492 e. The molecule has 0 spiro atoms. The van der Waals surface area contributed by atoms with E-state index in [9.17, 15) is 9.90 Å². The van der Waals surface area contributed by atoms with Gasteiger partial charge in [-0.15, -0.1) is 0 Å². The molecule has 0 amide bonds. The van der Waals surface area contributed by atoms with E-state index in [1.165, 1.54) is 0 Å². The zero-order valence-electron chi connectivity index (χ0n) is 9.09. The second kappa shape index (κ2) is 3.69. The summed E-state index contributed by atoms with van der Waals surface area (Å²) < 4.78 is 2.08. The average Bonchev–Trinajstić information content (AvgIpc) is 2.84. The van der Waals surface area contributed by atoms with Gasteiger partial charge in [-0.1, -0.05) is 24.2 Å². The molecule has 17 heavy (non-hydrogen) atoms. The topological polar surface area (TPSA) is 94.0 Å². The molecule has 7 heteroatoms. The molecule has 2 heterocycles. The number of anilines is 1. The van der Waals surface area contributed by atoms with Crippen molar-refractivity contribution >= 4 is 27.6 Å². The van der Waals surface area contributed by atoms with Crippen molar-refractivity contribution in [3.8, 4) is 5.88 Å². The van der Waals surface area contributed by atoms with Crippen LogP contribution < -0.4 is 10.6 Å². The number of aromatic nitrogens is 3. The Labute approximate surface area is 101 Å². The van der Waals surface area contributed by atoms with Crippen LogP contribution in [0, 0.1) is 0 Å². The first-order chi connectivity index (χ1) is 8.16. The number of rotatable bonds is 1. The molecule has 1 saturated carbocycles. The Hall–Kier alpha value is -1.63. The van der Waals surface area contributed by atoms with Crippen LogP contribution in [0.1, 0.15) is 31.7 Å². The molecule has 2 aromatic rings. The monoisotopic (exact) mass is 252 g/mol. The first-order valence-electron chi connectivity index (χ1n) is 5.54. The molecule has 0 aliphatic heterocycles. The van der Waals surface area contributed by atoms with Gasteiger partial charge in [0, 0.05) is 6.04 Å². The van der Waals surface area contributed by atoms with E-state index in [0.29, 0.717) is 10.3 Å². The number of nitrogens with zero attached hydrogens (tertiary/aromatic N) is 3. The van der Waals surface area contributed by atoms with Crippen LogP contribution in [0.25, 0.3) is 10.3 Å². The van der Waals surface area contributed by atoms with Gasteiger partial charge in [0.05, 0.1) is 0 Å². The average molecular weight is 252 g/mol. The molecule has 0 aromatic carbocycles. The Morgan fingerprint density at radius 2 is 2.06 bits per heavy atom. The van der Waals surface area contributed by atoms with Gasteiger partial charge in [-0.3, -0.25) is 9.36 Å². The van der Waals surface area contributed by atoms with Gasteiger partial charge in [-0.25, -0.2) is 0 Å². The van der Waals surface area contributed by atoms with Crippen LogP contribution in [-0.4, -0.2) is 19.6 Å². The summed E-state index contributed by atoms with van der Waals surface area (Å²) in [6, 6.07) is 0.185. The van der Waals surface area contributed by atoms with Crippen molar-refractivity contribution in [3.05, 3.63) is 9.67 Å². The van der Waals surface area contributed by atoms with Crippen molar-refractivity contribution in [3.63, 3.8) is 0 Å². The van der Waals surface area contributed by atoms with Crippen LogP contribution in [0.5, 0.6) is 5.88 Å². The number of thiazole rings is 1. The molecule has 3 N–H and O–H groups in total. The third-order valence-corrected chi connectivity index (χ3v) is 4.09. The van der Waals surface area contributed by atoms with Crippen LogP contribution in [-0.2, 0) is 0 Å². The predicted molar refractivity (Wildman–Crippen MR) is 65.3 cm³/mol. The van der Waals surface area contributed by atoms with Crippen LogP contribution in [0.2, 0.25) is 0 Å². The van der Waals surface area contributed by atoms with Crippen molar-refractivity contribution in [1.82, 2.24) is 14.5 Å². The minimum absolute atomic E-state index is 0.000420. The maximum atomic E-state index is 12.0. The van der Waals surface area contributed by atoms with E-state index >= 15 is 0 Å². The number of aromatic hydroxyl groups is 1. The highest BCUT2D eigenvalue weighted by atomic mass is 32.1. The molecule has 0 radical (unpaired) electrons. The number of nitrogens with two attached hydrogens (primary N) is 1. The lowest BCUT2D eigenvalue weighted by atomic mass is 10.2. The zero-order valence-corrected chi connectivity index (χ0v) is 9.90. The van der Waals surface area contributed by atoms with E-state index < -0.39 is 0 Å². The summed E-state index contributed by atoms with van der Waals surface area (Å²) in [5, 5.41) is 9.66. The molecule has 6 nitrogen and oxygen atoms in total. The van der Waals surface area contributed by atoms with Crippen molar-refractivity contribution in [2.75, 3.05) is 5.73 Å². The van der Waals surface area contributed by atoms with Gasteiger partial charge >= 0.3 is 4.87 Å². The second-order valence-corrected chi connectivity index (χ2v) is 5.20. The van der Waals surface area contributed by atoms with E-state index in [-0.39, 0.29) is 22.7 Å². The van der Waals surface area contributed by atoms with E-state index in [1.54, 1.807) is 4.57 Å². The molecular weight excluding hydrogens is 240 g/mol. The van der Waals surface area contributed by atoms with Crippen LogP contribution in [0.4, 0.5) is 5.95 Å². The smallest absolute Gasteiger partial charge is 0.309 e. The molecular formula is C10H12N4O2S. The summed E-state index contributed by atoms with van der Waals surface area (Å²) in [6.07, 6.45) is 4.22. The molecule has 0 unspecified atom stereocenters. The molecule has 2 aromatic heterocycles. The van der Waals surface area contributed by atoms with E-state index in [2.05, 4.69) is 9.97 Å². The molecule has 1 aliphatic carbocycles. The first kappa shape index (κ1) is 10.5. The fourth-order valence-electron chi connectivity index (χ4n) is 2.41. The highest BCUT2D eigenvalue weighted by molar-refractivity contribution is 7.16. The number of nitrogen functional groups attached to an aromatic ring is 1. The summed E-state index contributed by atoms with van der Waals surface area (Å²) >= 11 is 0.978. The Kier molecular flexibility index (Phi) is 2.29. The molecule has 90 valence electrons. The lowest BCUT2D eigenvalue weighted by Crippen LogP contribution is -2.18. The highest BCUT2D eigenvalue weighted by Crippen LogP contribution is 2.33. The zero-order chi connectivity index (χ0) is 12.0. The van der Waals surface area contributed by atoms with Gasteiger partial charge in [0.25, 0.3) is 0 Å². The van der Waals surface area contributed by atoms with Crippen molar-refractivity contribution in [1.29, 1.82) is 0 Å². The van der Waals surface area contributed by atoms with Crippen molar-refractivity contribution in [2.45, 2.75) is 31.7 Å². The molecule has 0 bridgehead atoms. The standard InChI is InChI=1S/C10H12N4O2S/c11-9-12-7-6(8(15)13-9)17-10(16)14(7)5-3-1-2-4-5/h5H,1-4H2,(H3,11,12,13,15). The predicted octanol–water partition coefficient (Wildman–Crippen LogP) is 1.26. The third-order valence-electron chi connectivity index (χ3n) is 3.15. The number of hydrogen-bond donors (Lipinski definition) is 2. The SMILES string of the molecule is Nc1nc(O)c2sc(=O)n(C3CCCC3)c2n1. The van der Waals surface area contributed by atoms with Crippen LogP contribution in [0.15, 0.2) is 4.79 Å². The minimum Gasteiger partial charge on any atom is -0.492 e. The van der Waals surface area contributed by atoms with Gasteiger partial charge in [0.15, 0.2) is 5.65 Å². The Morgan fingerprint density at radius 1 is 1.35 bits per heavy atom. The fourth-order valence-corrected chi connectivity index (χ4v) is 3.29. The molecule has 1 fully saturated rings. The lowest BCUT2D eigenvalue weighted by molar-refractivity contribution is 0.460. The van der Waals surface area contributed by atoms with Gasteiger partial charge in [-0.2, -0.15) is 9.97 Å². The van der Waals surface area contributed by atoms with Crippen molar-refractivity contribution < 1.29 is 5.11 Å². The highest BCUT2D eigenvalue weighted by Gasteiger charge is 2.23. The van der Waals surface area contributed by atoms with Gasteiger partial charge in [0.2, 0.25) is 11.8 Å².